The van der Waals surface area contributed by atoms with Crippen molar-refractivity contribution in [2.45, 2.75) is 13.1 Å². The molecule has 0 saturated carbocycles. The van der Waals surface area contributed by atoms with E-state index in [0.717, 1.165) is 55.5 Å². The SMILES string of the molecule is COc1ccc(CN2CCN(Cc3cc(=O)c4ccccc4o3)CC2)c(OC)c1. The first kappa shape index (κ1) is 19.5. The number of rotatable bonds is 6. The maximum absolute atomic E-state index is 12.3. The summed E-state index contributed by atoms with van der Waals surface area (Å²) < 4.78 is 16.7. The van der Waals surface area contributed by atoms with Crippen LogP contribution in [0.3, 0.4) is 0 Å². The molecule has 0 atom stereocenters. The molecule has 29 heavy (non-hydrogen) atoms. The van der Waals surface area contributed by atoms with Crippen molar-refractivity contribution < 1.29 is 13.9 Å². The van der Waals surface area contributed by atoms with Gasteiger partial charge in [-0.3, -0.25) is 14.6 Å². The highest BCUT2D eigenvalue weighted by Gasteiger charge is 2.19. The predicted octanol–water partition coefficient (Wildman–Crippen LogP) is 3.13. The lowest BCUT2D eigenvalue weighted by Gasteiger charge is -2.34. The number of fused-ring (bicyclic) bond motifs is 1. The molecule has 0 aliphatic carbocycles. The molecule has 2 aromatic carbocycles. The molecule has 0 unspecified atom stereocenters. The molecular formula is C23H26N2O4. The molecule has 0 amide bonds. The molecule has 4 rings (SSSR count). The van der Waals surface area contributed by atoms with Gasteiger partial charge in [0.15, 0.2) is 5.43 Å². The molecule has 1 aliphatic heterocycles. The number of piperazine rings is 1. The van der Waals surface area contributed by atoms with Gasteiger partial charge < -0.3 is 13.9 Å². The Hall–Kier alpha value is -2.83. The summed E-state index contributed by atoms with van der Waals surface area (Å²) in [5, 5.41) is 0.634. The van der Waals surface area contributed by atoms with E-state index < -0.39 is 0 Å². The van der Waals surface area contributed by atoms with Crippen molar-refractivity contribution in [3.8, 4) is 11.5 Å². The van der Waals surface area contributed by atoms with Gasteiger partial charge in [-0.2, -0.15) is 0 Å². The van der Waals surface area contributed by atoms with Crippen LogP contribution in [0.4, 0.5) is 0 Å². The fourth-order valence-electron chi connectivity index (χ4n) is 3.78. The third kappa shape index (κ3) is 4.44. The van der Waals surface area contributed by atoms with E-state index in [9.17, 15) is 4.79 Å². The number of hydrogen-bond donors (Lipinski definition) is 0. The molecule has 1 aliphatic rings. The lowest BCUT2D eigenvalue weighted by atomic mass is 10.1. The van der Waals surface area contributed by atoms with Gasteiger partial charge in [0.25, 0.3) is 0 Å². The minimum atomic E-state index is 0.0205. The van der Waals surface area contributed by atoms with E-state index in [4.69, 9.17) is 13.9 Å². The van der Waals surface area contributed by atoms with Crippen LogP contribution in [0.15, 0.2) is 57.7 Å². The van der Waals surface area contributed by atoms with Crippen LogP contribution in [-0.2, 0) is 13.1 Å². The number of para-hydroxylation sites is 1. The Kier molecular flexibility index (Phi) is 5.83. The summed E-state index contributed by atoms with van der Waals surface area (Å²) in [5.41, 5.74) is 1.83. The molecule has 6 heteroatoms. The normalized spacial score (nSPS) is 15.5. The topological polar surface area (TPSA) is 55.2 Å². The van der Waals surface area contributed by atoms with Crippen LogP contribution < -0.4 is 14.9 Å². The summed E-state index contributed by atoms with van der Waals surface area (Å²) in [6.45, 7) is 5.25. The second kappa shape index (κ2) is 8.68. The minimum absolute atomic E-state index is 0.0205. The van der Waals surface area contributed by atoms with Gasteiger partial charge in [0, 0.05) is 50.4 Å². The smallest absolute Gasteiger partial charge is 0.192 e. The van der Waals surface area contributed by atoms with E-state index in [1.54, 1.807) is 26.4 Å². The van der Waals surface area contributed by atoms with Crippen molar-refractivity contribution in [1.29, 1.82) is 0 Å². The molecule has 152 valence electrons. The fourth-order valence-corrected chi connectivity index (χ4v) is 3.78. The zero-order chi connectivity index (χ0) is 20.2. The summed E-state index contributed by atoms with van der Waals surface area (Å²) >= 11 is 0. The third-order valence-electron chi connectivity index (χ3n) is 5.42. The zero-order valence-electron chi connectivity index (χ0n) is 16.9. The van der Waals surface area contributed by atoms with Crippen LogP contribution >= 0.6 is 0 Å². The van der Waals surface area contributed by atoms with Gasteiger partial charge in [0.1, 0.15) is 22.8 Å². The Morgan fingerprint density at radius 2 is 1.62 bits per heavy atom. The monoisotopic (exact) mass is 394 g/mol. The zero-order valence-corrected chi connectivity index (χ0v) is 16.9. The lowest BCUT2D eigenvalue weighted by molar-refractivity contribution is 0.115. The van der Waals surface area contributed by atoms with E-state index in [0.29, 0.717) is 17.5 Å². The molecular weight excluding hydrogens is 368 g/mol. The molecule has 1 fully saturated rings. The first-order valence-electron chi connectivity index (χ1n) is 9.83. The van der Waals surface area contributed by atoms with Gasteiger partial charge in [0.05, 0.1) is 26.2 Å². The number of ether oxygens (including phenoxy) is 2. The molecule has 0 bridgehead atoms. The minimum Gasteiger partial charge on any atom is -0.497 e. The van der Waals surface area contributed by atoms with Crippen molar-refractivity contribution >= 4 is 11.0 Å². The summed E-state index contributed by atoms with van der Waals surface area (Å²) in [6, 6.07) is 15.0. The van der Waals surface area contributed by atoms with Gasteiger partial charge in [-0.1, -0.05) is 18.2 Å². The highest BCUT2D eigenvalue weighted by molar-refractivity contribution is 5.76. The Labute approximate surface area is 170 Å². The van der Waals surface area contributed by atoms with Crippen LogP contribution in [0, 0.1) is 0 Å². The number of hydrogen-bond acceptors (Lipinski definition) is 6. The largest absolute Gasteiger partial charge is 0.497 e. The molecule has 1 aromatic heterocycles. The molecule has 2 heterocycles. The fraction of sp³-hybridized carbons (Fsp3) is 0.348. The van der Waals surface area contributed by atoms with E-state index >= 15 is 0 Å². The van der Waals surface area contributed by atoms with Crippen LogP contribution in [0.2, 0.25) is 0 Å². The summed E-state index contributed by atoms with van der Waals surface area (Å²) in [6.07, 6.45) is 0. The second-order valence-corrected chi connectivity index (χ2v) is 7.30. The Morgan fingerprint density at radius 3 is 2.34 bits per heavy atom. The van der Waals surface area contributed by atoms with E-state index in [1.165, 1.54) is 0 Å². The second-order valence-electron chi connectivity index (χ2n) is 7.30. The first-order chi connectivity index (χ1) is 14.2. The van der Waals surface area contributed by atoms with Crippen LogP contribution in [0.25, 0.3) is 11.0 Å². The average molecular weight is 394 g/mol. The Bertz CT molecular complexity index is 1040. The van der Waals surface area contributed by atoms with Crippen molar-refractivity contribution in [2.75, 3.05) is 40.4 Å². The highest BCUT2D eigenvalue weighted by Crippen LogP contribution is 2.26. The lowest BCUT2D eigenvalue weighted by Crippen LogP contribution is -2.45. The van der Waals surface area contributed by atoms with Gasteiger partial charge in [-0.15, -0.1) is 0 Å². The molecule has 0 spiro atoms. The molecule has 0 N–H and O–H groups in total. The third-order valence-corrected chi connectivity index (χ3v) is 5.42. The van der Waals surface area contributed by atoms with Crippen molar-refractivity contribution in [3.63, 3.8) is 0 Å². The van der Waals surface area contributed by atoms with Crippen molar-refractivity contribution in [3.05, 3.63) is 70.1 Å². The van der Waals surface area contributed by atoms with Gasteiger partial charge in [-0.25, -0.2) is 0 Å². The summed E-state index contributed by atoms with van der Waals surface area (Å²) in [4.78, 5) is 17.0. The van der Waals surface area contributed by atoms with E-state index in [-0.39, 0.29) is 5.43 Å². The van der Waals surface area contributed by atoms with Crippen molar-refractivity contribution in [1.82, 2.24) is 9.80 Å². The van der Waals surface area contributed by atoms with E-state index in [2.05, 4.69) is 15.9 Å². The summed E-state index contributed by atoms with van der Waals surface area (Å²) in [7, 11) is 3.35. The van der Waals surface area contributed by atoms with Gasteiger partial charge in [-0.05, 0) is 18.2 Å². The maximum Gasteiger partial charge on any atom is 0.192 e. The van der Waals surface area contributed by atoms with Crippen LogP contribution in [0.5, 0.6) is 11.5 Å². The first-order valence-corrected chi connectivity index (χ1v) is 9.83. The number of benzene rings is 2. The summed E-state index contributed by atoms with van der Waals surface area (Å²) in [5.74, 6) is 2.37. The quantitative estimate of drug-likeness (QED) is 0.640. The van der Waals surface area contributed by atoms with Crippen molar-refractivity contribution in [2.24, 2.45) is 0 Å². The number of nitrogens with zero attached hydrogens (tertiary/aromatic N) is 2. The average Bonchev–Trinajstić information content (AvgIpc) is 2.75. The molecule has 6 nitrogen and oxygen atoms in total. The van der Waals surface area contributed by atoms with Crippen LogP contribution in [0.1, 0.15) is 11.3 Å². The van der Waals surface area contributed by atoms with Crippen LogP contribution in [-0.4, -0.2) is 50.2 Å². The number of methoxy groups -OCH3 is 2. The standard InChI is InChI=1S/C23H26N2O4/c1-27-18-8-7-17(23(14-18)28-2)15-24-9-11-25(12-10-24)16-19-13-21(26)20-5-3-4-6-22(20)29-19/h3-8,13-14H,9-12,15-16H2,1-2H3. The highest BCUT2D eigenvalue weighted by atomic mass is 16.5. The van der Waals surface area contributed by atoms with Gasteiger partial charge >= 0.3 is 0 Å². The molecule has 1 saturated heterocycles. The van der Waals surface area contributed by atoms with E-state index in [1.807, 2.05) is 30.3 Å². The Morgan fingerprint density at radius 1 is 0.897 bits per heavy atom. The Balaban J connectivity index is 1.37. The maximum atomic E-state index is 12.3. The molecule has 0 radical (unpaired) electrons. The predicted molar refractivity (Wildman–Crippen MR) is 113 cm³/mol. The van der Waals surface area contributed by atoms with Gasteiger partial charge in [0.2, 0.25) is 0 Å². The molecule has 3 aromatic rings.